The van der Waals surface area contributed by atoms with E-state index >= 15 is 0 Å². The maximum Gasteiger partial charge on any atom is 0.224 e. The molecule has 3 aromatic rings. The van der Waals surface area contributed by atoms with Crippen LogP contribution in [0.2, 0.25) is 0 Å². The first-order valence-corrected chi connectivity index (χ1v) is 9.68. The van der Waals surface area contributed by atoms with Crippen LogP contribution in [-0.4, -0.2) is 26.4 Å². The van der Waals surface area contributed by atoms with Gasteiger partial charge in [-0.05, 0) is 36.1 Å². The molecule has 0 unspecified atom stereocenters. The van der Waals surface area contributed by atoms with E-state index in [-0.39, 0.29) is 17.6 Å². The van der Waals surface area contributed by atoms with Crippen LogP contribution >= 0.6 is 0 Å². The van der Waals surface area contributed by atoms with Crippen molar-refractivity contribution in [1.29, 1.82) is 0 Å². The van der Waals surface area contributed by atoms with Gasteiger partial charge in [0.2, 0.25) is 5.91 Å². The van der Waals surface area contributed by atoms with Crippen molar-refractivity contribution in [3.05, 3.63) is 89.8 Å². The zero-order valence-corrected chi connectivity index (χ0v) is 16.0. The Morgan fingerprint density at radius 1 is 1.14 bits per heavy atom. The molecule has 1 aromatic heterocycles. The van der Waals surface area contributed by atoms with Crippen LogP contribution in [0.15, 0.2) is 67.0 Å². The minimum absolute atomic E-state index is 0.100. The van der Waals surface area contributed by atoms with Crippen LogP contribution in [0.3, 0.4) is 0 Å². The molecule has 1 aliphatic carbocycles. The molecule has 0 saturated heterocycles. The fraction of sp³-hybridized carbons (Fsp3) is 0.304. The summed E-state index contributed by atoms with van der Waals surface area (Å²) in [7, 11) is 1.95. The van der Waals surface area contributed by atoms with Crippen LogP contribution in [0.25, 0.3) is 0 Å². The highest BCUT2D eigenvalue weighted by atomic mass is 19.1. The lowest BCUT2D eigenvalue weighted by Crippen LogP contribution is -2.34. The molecule has 1 amide bonds. The fourth-order valence-electron chi connectivity index (χ4n) is 3.61. The molecule has 0 radical (unpaired) electrons. The van der Waals surface area contributed by atoms with E-state index in [0.717, 1.165) is 29.8 Å². The van der Waals surface area contributed by atoms with E-state index in [9.17, 15) is 9.18 Å². The summed E-state index contributed by atoms with van der Waals surface area (Å²) in [6.07, 6.45) is 6.11. The zero-order valence-electron chi connectivity index (χ0n) is 16.0. The summed E-state index contributed by atoms with van der Waals surface area (Å²) >= 11 is 0. The summed E-state index contributed by atoms with van der Waals surface area (Å²) in [5.74, 6) is 0.634. The van der Waals surface area contributed by atoms with E-state index in [0.29, 0.717) is 19.0 Å². The largest absolute Gasteiger partial charge is 0.337 e. The molecule has 4 nitrogen and oxygen atoms in total. The lowest BCUT2D eigenvalue weighted by atomic mass is 9.88. The molecule has 1 heterocycles. The number of rotatable bonds is 7. The van der Waals surface area contributed by atoms with E-state index in [1.807, 2.05) is 53.0 Å². The van der Waals surface area contributed by atoms with Crippen molar-refractivity contribution >= 4 is 5.91 Å². The van der Waals surface area contributed by atoms with Crippen molar-refractivity contribution in [3.63, 3.8) is 0 Å². The van der Waals surface area contributed by atoms with Crippen molar-refractivity contribution in [2.24, 2.45) is 7.05 Å². The van der Waals surface area contributed by atoms with E-state index in [2.05, 4.69) is 4.98 Å². The van der Waals surface area contributed by atoms with Gasteiger partial charge in [0.1, 0.15) is 11.6 Å². The molecule has 5 heteroatoms. The van der Waals surface area contributed by atoms with E-state index in [4.69, 9.17) is 0 Å². The number of carbonyl (C=O) groups excluding carboxylic acids is 1. The molecule has 0 aliphatic heterocycles. The first-order valence-electron chi connectivity index (χ1n) is 9.68. The number of imidazole rings is 1. The average Bonchev–Trinajstić information content (AvgIpc) is 3.47. The highest BCUT2D eigenvalue weighted by Crippen LogP contribution is 2.33. The second kappa shape index (κ2) is 7.97. The zero-order chi connectivity index (χ0) is 19.5. The topological polar surface area (TPSA) is 38.1 Å². The second-order valence-electron chi connectivity index (χ2n) is 7.43. The van der Waals surface area contributed by atoms with Crippen molar-refractivity contribution in [1.82, 2.24) is 14.5 Å². The van der Waals surface area contributed by atoms with Gasteiger partial charge < -0.3 is 9.47 Å². The SMILES string of the molecule is Cn1ccnc1CN(C(=O)C[C@H](c1ccccc1)c1ccc(F)cc1)C1CC1. The summed E-state index contributed by atoms with van der Waals surface area (Å²) in [6.45, 7) is 0.526. The third-order valence-corrected chi connectivity index (χ3v) is 5.39. The summed E-state index contributed by atoms with van der Waals surface area (Å²) < 4.78 is 15.4. The molecule has 1 atom stereocenters. The first kappa shape index (κ1) is 18.4. The Balaban J connectivity index is 1.59. The van der Waals surface area contributed by atoms with E-state index in [1.165, 1.54) is 12.1 Å². The molecule has 1 fully saturated rings. The maximum atomic E-state index is 13.4. The predicted molar refractivity (Wildman–Crippen MR) is 106 cm³/mol. The molecular formula is C23H24FN3O. The summed E-state index contributed by atoms with van der Waals surface area (Å²) in [5, 5.41) is 0. The van der Waals surface area contributed by atoms with Crippen LogP contribution in [0.4, 0.5) is 4.39 Å². The fourth-order valence-corrected chi connectivity index (χ4v) is 3.61. The van der Waals surface area contributed by atoms with Crippen LogP contribution in [0, 0.1) is 5.82 Å². The van der Waals surface area contributed by atoms with Gasteiger partial charge in [-0.3, -0.25) is 4.79 Å². The molecule has 28 heavy (non-hydrogen) atoms. The van der Waals surface area contributed by atoms with Gasteiger partial charge in [-0.2, -0.15) is 0 Å². The molecule has 144 valence electrons. The Bertz CT molecular complexity index is 932. The number of hydrogen-bond acceptors (Lipinski definition) is 2. The Morgan fingerprint density at radius 3 is 2.43 bits per heavy atom. The number of hydrogen-bond donors (Lipinski definition) is 0. The molecule has 0 bridgehead atoms. The summed E-state index contributed by atoms with van der Waals surface area (Å²) in [6, 6.07) is 16.7. The van der Waals surface area contributed by atoms with Gasteiger partial charge in [-0.1, -0.05) is 42.5 Å². The van der Waals surface area contributed by atoms with Crippen molar-refractivity contribution in [3.8, 4) is 0 Å². The number of aromatic nitrogens is 2. The van der Waals surface area contributed by atoms with E-state index < -0.39 is 0 Å². The third-order valence-electron chi connectivity index (χ3n) is 5.39. The van der Waals surface area contributed by atoms with Gasteiger partial charge in [-0.15, -0.1) is 0 Å². The van der Waals surface area contributed by atoms with Crippen molar-refractivity contribution < 1.29 is 9.18 Å². The molecule has 0 N–H and O–H groups in total. The van der Waals surface area contributed by atoms with Crippen LogP contribution in [0.1, 0.15) is 42.1 Å². The molecule has 1 saturated carbocycles. The summed E-state index contributed by atoms with van der Waals surface area (Å²) in [4.78, 5) is 19.6. The predicted octanol–water partition coefficient (Wildman–Crippen LogP) is 4.27. The Morgan fingerprint density at radius 2 is 1.82 bits per heavy atom. The molecule has 2 aromatic carbocycles. The van der Waals surface area contributed by atoms with Gasteiger partial charge in [0, 0.05) is 37.8 Å². The van der Waals surface area contributed by atoms with Crippen LogP contribution < -0.4 is 0 Å². The van der Waals surface area contributed by atoms with Gasteiger partial charge in [0.05, 0.1) is 6.54 Å². The lowest BCUT2D eigenvalue weighted by Gasteiger charge is -2.25. The smallest absolute Gasteiger partial charge is 0.224 e. The normalized spacial score (nSPS) is 14.6. The monoisotopic (exact) mass is 377 g/mol. The van der Waals surface area contributed by atoms with Gasteiger partial charge >= 0.3 is 0 Å². The van der Waals surface area contributed by atoms with Crippen LogP contribution in [0.5, 0.6) is 0 Å². The second-order valence-corrected chi connectivity index (χ2v) is 7.43. The number of amides is 1. The molecule has 4 rings (SSSR count). The molecule has 1 aliphatic rings. The number of aryl methyl sites for hydroxylation is 1. The lowest BCUT2D eigenvalue weighted by molar-refractivity contribution is -0.132. The van der Waals surface area contributed by atoms with Gasteiger partial charge in [0.25, 0.3) is 0 Å². The average molecular weight is 377 g/mol. The Hall–Kier alpha value is -2.95. The van der Waals surface area contributed by atoms with Crippen molar-refractivity contribution in [2.75, 3.05) is 0 Å². The third kappa shape index (κ3) is 4.14. The minimum atomic E-state index is -0.267. The highest BCUT2D eigenvalue weighted by Gasteiger charge is 2.34. The van der Waals surface area contributed by atoms with Gasteiger partial charge in [0.15, 0.2) is 0 Å². The molecular weight excluding hydrogens is 353 g/mol. The first-order chi connectivity index (χ1) is 13.6. The van der Waals surface area contributed by atoms with Gasteiger partial charge in [-0.25, -0.2) is 9.37 Å². The van der Waals surface area contributed by atoms with Crippen LogP contribution in [-0.2, 0) is 18.4 Å². The minimum Gasteiger partial charge on any atom is -0.337 e. The highest BCUT2D eigenvalue weighted by molar-refractivity contribution is 5.78. The number of halogens is 1. The number of benzene rings is 2. The number of carbonyl (C=O) groups is 1. The molecule has 0 spiro atoms. The standard InChI is InChI=1S/C23H24FN3O/c1-26-14-13-25-22(26)16-27(20-11-12-20)23(28)15-21(17-5-3-2-4-6-17)18-7-9-19(24)10-8-18/h2-10,13-14,20-21H,11-12,15-16H2,1H3/t21-/m1/s1. The van der Waals surface area contributed by atoms with Crippen molar-refractivity contribution in [2.45, 2.75) is 37.8 Å². The quantitative estimate of drug-likeness (QED) is 0.617. The Labute approximate surface area is 164 Å². The maximum absolute atomic E-state index is 13.4. The Kier molecular flexibility index (Phi) is 5.24. The van der Waals surface area contributed by atoms with E-state index in [1.54, 1.807) is 18.3 Å². The summed E-state index contributed by atoms with van der Waals surface area (Å²) in [5.41, 5.74) is 2.02. The number of nitrogens with zero attached hydrogens (tertiary/aromatic N) is 3.